The molecule has 1 aliphatic carbocycles. The Bertz CT molecular complexity index is 937. The summed E-state index contributed by atoms with van der Waals surface area (Å²) in [7, 11) is -3.16. The summed E-state index contributed by atoms with van der Waals surface area (Å²) in [6.45, 7) is 3.01. The van der Waals surface area contributed by atoms with Crippen LogP contribution in [-0.2, 0) is 10.0 Å². The van der Waals surface area contributed by atoms with E-state index in [4.69, 9.17) is 4.74 Å². The highest BCUT2D eigenvalue weighted by Crippen LogP contribution is 2.33. The van der Waals surface area contributed by atoms with Gasteiger partial charge in [-0.25, -0.2) is 22.7 Å². The fraction of sp³-hybridized carbons (Fsp3) is 0.579. The number of hydrogen-bond acceptors (Lipinski definition) is 5. The van der Waals surface area contributed by atoms with Gasteiger partial charge in [-0.05, 0) is 44.7 Å². The summed E-state index contributed by atoms with van der Waals surface area (Å²) in [5.74, 6) is 0.724. The fourth-order valence-corrected chi connectivity index (χ4v) is 6.60. The smallest absolute Gasteiger partial charge is 0.216 e. The molecule has 146 valence electrons. The molecular weight excluding hydrogens is 430 g/mol. The van der Waals surface area contributed by atoms with E-state index < -0.39 is 10.0 Å². The van der Waals surface area contributed by atoms with E-state index in [9.17, 15) is 8.42 Å². The Morgan fingerprint density at radius 1 is 1.11 bits per heavy atom. The molecule has 0 spiro atoms. The third-order valence-corrected chi connectivity index (χ3v) is 8.50. The van der Waals surface area contributed by atoms with Crippen molar-refractivity contribution in [3.05, 3.63) is 28.6 Å². The molecule has 1 aliphatic heterocycles. The van der Waals surface area contributed by atoms with Crippen LogP contribution >= 0.6 is 15.9 Å². The molecule has 1 saturated carbocycles. The quantitative estimate of drug-likeness (QED) is 0.703. The minimum atomic E-state index is -3.16. The van der Waals surface area contributed by atoms with Gasteiger partial charge in [0.1, 0.15) is 23.7 Å². The highest BCUT2D eigenvalue weighted by molar-refractivity contribution is 9.10. The van der Waals surface area contributed by atoms with Gasteiger partial charge in [-0.3, -0.25) is 0 Å². The van der Waals surface area contributed by atoms with E-state index in [0.29, 0.717) is 25.9 Å². The van der Waals surface area contributed by atoms with Crippen LogP contribution < -0.4 is 4.74 Å². The molecule has 6 nitrogen and oxygen atoms in total. The third kappa shape index (κ3) is 3.84. The topological polar surface area (TPSA) is 72.4 Å². The maximum absolute atomic E-state index is 12.8. The molecule has 27 heavy (non-hydrogen) atoms. The van der Waals surface area contributed by atoms with Crippen LogP contribution in [0.4, 0.5) is 0 Å². The van der Waals surface area contributed by atoms with Crippen LogP contribution in [0.25, 0.3) is 10.9 Å². The zero-order valence-corrected chi connectivity index (χ0v) is 17.8. The monoisotopic (exact) mass is 453 g/mol. The molecule has 2 fully saturated rings. The van der Waals surface area contributed by atoms with Crippen LogP contribution in [0.15, 0.2) is 22.9 Å². The number of piperidine rings is 1. The van der Waals surface area contributed by atoms with Crippen molar-refractivity contribution >= 4 is 36.9 Å². The Balaban J connectivity index is 1.47. The second-order valence-electron chi connectivity index (χ2n) is 7.43. The first-order valence-corrected chi connectivity index (χ1v) is 11.8. The van der Waals surface area contributed by atoms with Crippen LogP contribution in [0.2, 0.25) is 0 Å². The summed E-state index contributed by atoms with van der Waals surface area (Å²) >= 11 is 3.53. The second kappa shape index (κ2) is 7.64. The lowest BCUT2D eigenvalue weighted by Gasteiger charge is -2.33. The number of hydrogen-bond donors (Lipinski definition) is 0. The zero-order valence-electron chi connectivity index (χ0n) is 15.4. The lowest BCUT2D eigenvalue weighted by molar-refractivity contribution is 0.136. The second-order valence-corrected chi connectivity index (χ2v) is 10.6. The standard InChI is InChI=1S/C19H24BrN3O3S/c1-13-17-10-14(20)11-18(19(17)22-12-21-13)26-15-6-8-23(9-7-15)27(24,25)16-4-2-3-5-16/h10-12,15-16H,2-9H2,1H3. The summed E-state index contributed by atoms with van der Waals surface area (Å²) in [5.41, 5.74) is 1.70. The Morgan fingerprint density at radius 3 is 2.52 bits per heavy atom. The predicted octanol–water partition coefficient (Wildman–Crippen LogP) is 3.82. The van der Waals surface area contributed by atoms with E-state index in [1.807, 2.05) is 19.1 Å². The van der Waals surface area contributed by atoms with Crippen molar-refractivity contribution in [2.75, 3.05) is 13.1 Å². The maximum atomic E-state index is 12.8. The molecule has 4 rings (SSSR count). The maximum Gasteiger partial charge on any atom is 0.216 e. The molecule has 0 amide bonds. The summed E-state index contributed by atoms with van der Waals surface area (Å²) in [5, 5.41) is 0.784. The number of nitrogens with zero attached hydrogens (tertiary/aromatic N) is 3. The Hall–Kier alpha value is -1.25. The van der Waals surface area contributed by atoms with Crippen LogP contribution in [0.3, 0.4) is 0 Å². The van der Waals surface area contributed by atoms with Gasteiger partial charge in [0.25, 0.3) is 0 Å². The van der Waals surface area contributed by atoms with E-state index in [0.717, 1.165) is 52.5 Å². The number of aromatic nitrogens is 2. The molecule has 2 aliphatic rings. The van der Waals surface area contributed by atoms with Crippen molar-refractivity contribution in [1.29, 1.82) is 0 Å². The average Bonchev–Trinajstić information content (AvgIpc) is 3.19. The molecule has 0 unspecified atom stereocenters. The Labute approximate surface area is 168 Å². The lowest BCUT2D eigenvalue weighted by atomic mass is 10.1. The van der Waals surface area contributed by atoms with Crippen molar-refractivity contribution in [2.45, 2.75) is 56.8 Å². The SMILES string of the molecule is Cc1ncnc2c(OC3CCN(S(=O)(=O)C4CCCC4)CC3)cc(Br)cc12. The Morgan fingerprint density at radius 2 is 1.81 bits per heavy atom. The van der Waals surface area contributed by atoms with Gasteiger partial charge in [0, 0.05) is 28.6 Å². The van der Waals surface area contributed by atoms with E-state index in [1.165, 1.54) is 0 Å². The molecule has 1 saturated heterocycles. The average molecular weight is 454 g/mol. The van der Waals surface area contributed by atoms with Gasteiger partial charge in [0.2, 0.25) is 10.0 Å². The molecule has 8 heteroatoms. The molecular formula is C19H24BrN3O3S. The molecule has 1 aromatic carbocycles. The van der Waals surface area contributed by atoms with Crippen molar-refractivity contribution < 1.29 is 13.2 Å². The first-order chi connectivity index (χ1) is 12.9. The highest BCUT2D eigenvalue weighted by Gasteiger charge is 2.36. The first-order valence-electron chi connectivity index (χ1n) is 9.51. The summed E-state index contributed by atoms with van der Waals surface area (Å²) < 4.78 is 34.4. The number of benzene rings is 1. The van der Waals surface area contributed by atoms with E-state index in [1.54, 1.807) is 10.6 Å². The van der Waals surface area contributed by atoms with Crippen molar-refractivity contribution in [3.63, 3.8) is 0 Å². The minimum Gasteiger partial charge on any atom is -0.488 e. The number of rotatable bonds is 4. The van der Waals surface area contributed by atoms with Crippen LogP contribution in [0, 0.1) is 6.92 Å². The molecule has 0 atom stereocenters. The van der Waals surface area contributed by atoms with Crippen molar-refractivity contribution in [3.8, 4) is 5.75 Å². The number of aryl methyl sites for hydroxylation is 1. The van der Waals surface area contributed by atoms with Gasteiger partial charge >= 0.3 is 0 Å². The zero-order chi connectivity index (χ0) is 19.0. The number of halogens is 1. The number of sulfonamides is 1. The van der Waals surface area contributed by atoms with Gasteiger partial charge in [-0.2, -0.15) is 0 Å². The highest BCUT2D eigenvalue weighted by atomic mass is 79.9. The molecule has 2 heterocycles. The van der Waals surface area contributed by atoms with E-state index in [-0.39, 0.29) is 11.4 Å². The van der Waals surface area contributed by atoms with Gasteiger partial charge in [0.05, 0.1) is 5.25 Å². The van der Waals surface area contributed by atoms with Crippen LogP contribution in [0.5, 0.6) is 5.75 Å². The predicted molar refractivity (Wildman–Crippen MR) is 108 cm³/mol. The van der Waals surface area contributed by atoms with E-state index >= 15 is 0 Å². The van der Waals surface area contributed by atoms with Gasteiger partial charge in [0.15, 0.2) is 0 Å². The lowest BCUT2D eigenvalue weighted by Crippen LogP contribution is -2.45. The molecule has 0 radical (unpaired) electrons. The summed E-state index contributed by atoms with van der Waals surface area (Å²) in [6, 6.07) is 3.92. The largest absolute Gasteiger partial charge is 0.488 e. The van der Waals surface area contributed by atoms with Crippen molar-refractivity contribution in [1.82, 2.24) is 14.3 Å². The van der Waals surface area contributed by atoms with Gasteiger partial charge < -0.3 is 4.74 Å². The molecule has 2 aromatic rings. The number of fused-ring (bicyclic) bond motifs is 1. The first kappa shape index (κ1) is 19.1. The minimum absolute atomic E-state index is 0.00667. The molecule has 0 bridgehead atoms. The third-order valence-electron chi connectivity index (χ3n) is 5.65. The fourth-order valence-electron chi connectivity index (χ4n) is 4.10. The van der Waals surface area contributed by atoms with E-state index in [2.05, 4.69) is 25.9 Å². The van der Waals surface area contributed by atoms with Crippen LogP contribution in [0.1, 0.15) is 44.2 Å². The molecule has 1 aromatic heterocycles. The van der Waals surface area contributed by atoms with Gasteiger partial charge in [-0.1, -0.05) is 28.8 Å². The number of ether oxygens (including phenoxy) is 1. The Kier molecular flexibility index (Phi) is 5.40. The summed E-state index contributed by atoms with van der Waals surface area (Å²) in [6.07, 6.45) is 6.61. The van der Waals surface area contributed by atoms with Crippen molar-refractivity contribution in [2.24, 2.45) is 0 Å². The van der Waals surface area contributed by atoms with Crippen LogP contribution in [-0.4, -0.2) is 47.1 Å². The molecule has 0 N–H and O–H groups in total. The normalized spacial score (nSPS) is 20.4. The summed E-state index contributed by atoms with van der Waals surface area (Å²) in [4.78, 5) is 8.64. The van der Waals surface area contributed by atoms with Gasteiger partial charge in [-0.15, -0.1) is 0 Å².